The van der Waals surface area contributed by atoms with E-state index in [1.807, 2.05) is 6.07 Å². The van der Waals surface area contributed by atoms with Crippen LogP contribution in [0.15, 0.2) is 18.5 Å². The van der Waals surface area contributed by atoms with E-state index >= 15 is 0 Å². The predicted molar refractivity (Wildman–Crippen MR) is 126 cm³/mol. The maximum absolute atomic E-state index is 13.5. The molecule has 0 radical (unpaired) electrons. The van der Waals surface area contributed by atoms with Gasteiger partial charge >= 0.3 is 11.8 Å². The Morgan fingerprint density at radius 2 is 1.81 bits per heavy atom. The number of hydrogen-bond donors (Lipinski definition) is 3. The topological polar surface area (TPSA) is 116 Å². The van der Waals surface area contributed by atoms with Crippen molar-refractivity contribution >= 4 is 39.6 Å². The summed E-state index contributed by atoms with van der Waals surface area (Å²) in [6.07, 6.45) is 6.97. The third-order valence-electron chi connectivity index (χ3n) is 8.95. The fourth-order valence-electron chi connectivity index (χ4n) is 7.67. The molecule has 4 aliphatic carbocycles. The van der Waals surface area contributed by atoms with Gasteiger partial charge in [-0.25, -0.2) is 18.7 Å². The molecule has 1 saturated heterocycles. The van der Waals surface area contributed by atoms with Crippen LogP contribution < -0.4 is 5.32 Å². The number of rotatable bonds is 2. The van der Waals surface area contributed by atoms with Gasteiger partial charge in [-0.2, -0.15) is 0 Å². The number of nitrogens with one attached hydrogen (secondary N) is 2. The number of aromatic amines is 1. The molecule has 4 saturated carbocycles. The molecule has 3 N–H and O–H groups in total. The molecule has 9 nitrogen and oxygen atoms in total. The summed E-state index contributed by atoms with van der Waals surface area (Å²) in [5.41, 5.74) is 0.881. The van der Waals surface area contributed by atoms with Crippen LogP contribution in [0.4, 0.5) is 14.6 Å². The minimum absolute atomic E-state index is 0.121. The van der Waals surface area contributed by atoms with Gasteiger partial charge in [-0.1, -0.05) is 0 Å². The van der Waals surface area contributed by atoms with Gasteiger partial charge in [0, 0.05) is 43.7 Å². The first kappa shape index (κ1) is 22.1. The number of likely N-dealkylation sites (tertiary alicyclic amines) is 1. The number of alkyl halides is 2. The van der Waals surface area contributed by atoms with E-state index in [9.17, 15) is 23.5 Å². The third kappa shape index (κ3) is 3.35. The fourth-order valence-corrected chi connectivity index (χ4v) is 7.67. The van der Waals surface area contributed by atoms with Crippen LogP contribution in [-0.2, 0) is 9.59 Å². The summed E-state index contributed by atoms with van der Waals surface area (Å²) >= 11 is 0. The Morgan fingerprint density at radius 1 is 1.08 bits per heavy atom. The van der Waals surface area contributed by atoms with E-state index in [1.54, 1.807) is 12.4 Å². The Morgan fingerprint density at radius 3 is 2.50 bits per heavy atom. The number of fused-ring (bicyclic) bond motifs is 3. The van der Waals surface area contributed by atoms with Crippen molar-refractivity contribution in [3.05, 3.63) is 18.5 Å². The van der Waals surface area contributed by atoms with Crippen LogP contribution in [0.2, 0.25) is 0 Å². The van der Waals surface area contributed by atoms with Crippen LogP contribution in [0.1, 0.15) is 51.0 Å². The van der Waals surface area contributed by atoms with Crippen molar-refractivity contribution in [3.63, 3.8) is 0 Å². The second kappa shape index (κ2) is 7.47. The molecule has 5 aliphatic rings. The van der Waals surface area contributed by atoms with Gasteiger partial charge in [-0.3, -0.25) is 19.4 Å². The number of carbonyl (C=O) groups excluding carboxylic acids is 2. The first-order chi connectivity index (χ1) is 17.2. The van der Waals surface area contributed by atoms with E-state index in [0.717, 1.165) is 43.0 Å². The second-order valence-electron chi connectivity index (χ2n) is 11.3. The molecular formula is C25H28F2N6O3. The molecule has 4 heterocycles. The van der Waals surface area contributed by atoms with Gasteiger partial charge in [0.15, 0.2) is 5.65 Å². The van der Waals surface area contributed by atoms with E-state index in [2.05, 4.69) is 25.1 Å². The highest BCUT2D eigenvalue weighted by Gasteiger charge is 2.55. The van der Waals surface area contributed by atoms with Gasteiger partial charge < -0.3 is 15.3 Å². The number of aliphatic hydroxyl groups is 1. The highest BCUT2D eigenvalue weighted by atomic mass is 19.3. The molecular weight excluding hydrogens is 470 g/mol. The molecule has 4 bridgehead atoms. The molecule has 0 spiro atoms. The molecule has 36 heavy (non-hydrogen) atoms. The van der Waals surface area contributed by atoms with Crippen LogP contribution in [0.5, 0.6) is 0 Å². The molecule has 8 rings (SSSR count). The Bertz CT molecular complexity index is 1370. The number of halogens is 2. The number of pyridine rings is 1. The Balaban J connectivity index is 1.25. The van der Waals surface area contributed by atoms with Crippen molar-refractivity contribution in [1.82, 2.24) is 24.6 Å². The maximum atomic E-state index is 13.5. The molecule has 3 unspecified atom stereocenters. The maximum Gasteiger partial charge on any atom is 0.315 e. The lowest BCUT2D eigenvalue weighted by Crippen LogP contribution is -2.55. The summed E-state index contributed by atoms with van der Waals surface area (Å²) in [4.78, 5) is 35.6. The zero-order chi connectivity index (χ0) is 24.8. The molecule has 5 atom stereocenters. The van der Waals surface area contributed by atoms with Crippen LogP contribution >= 0.6 is 0 Å². The van der Waals surface area contributed by atoms with E-state index in [0.29, 0.717) is 34.6 Å². The van der Waals surface area contributed by atoms with E-state index < -0.39 is 36.2 Å². The Hall–Kier alpha value is -3.08. The number of H-pyrrole nitrogens is 1. The molecule has 1 aliphatic heterocycles. The van der Waals surface area contributed by atoms with Crippen LogP contribution in [0.25, 0.3) is 21.9 Å². The Labute approximate surface area is 205 Å². The van der Waals surface area contributed by atoms with Gasteiger partial charge in [0.25, 0.3) is 5.92 Å². The molecule has 5 fully saturated rings. The quantitative estimate of drug-likeness (QED) is 0.469. The van der Waals surface area contributed by atoms with Crippen molar-refractivity contribution in [2.24, 2.45) is 17.8 Å². The molecule has 3 aromatic heterocycles. The average molecular weight is 499 g/mol. The first-order valence-electron chi connectivity index (χ1n) is 12.7. The number of piperidine rings is 1. The molecule has 190 valence electrons. The zero-order valence-corrected chi connectivity index (χ0v) is 19.7. The van der Waals surface area contributed by atoms with E-state index in [1.165, 1.54) is 4.90 Å². The monoisotopic (exact) mass is 498 g/mol. The van der Waals surface area contributed by atoms with Crippen LogP contribution in [0, 0.1) is 17.8 Å². The summed E-state index contributed by atoms with van der Waals surface area (Å²) in [6, 6.07) is 2.01. The summed E-state index contributed by atoms with van der Waals surface area (Å²) in [5, 5.41) is 18.6. The van der Waals surface area contributed by atoms with Gasteiger partial charge in [0.1, 0.15) is 5.82 Å². The number of hydrogen-bond acceptors (Lipinski definition) is 5. The number of amides is 2. The largest absolute Gasteiger partial charge is 0.390 e. The van der Waals surface area contributed by atoms with Crippen molar-refractivity contribution in [1.29, 1.82) is 0 Å². The van der Waals surface area contributed by atoms with Crippen molar-refractivity contribution < 1.29 is 23.5 Å². The smallest absolute Gasteiger partial charge is 0.315 e. The molecule has 3 aromatic rings. The van der Waals surface area contributed by atoms with E-state index in [-0.39, 0.29) is 19.1 Å². The van der Waals surface area contributed by atoms with Crippen molar-refractivity contribution in [2.75, 3.05) is 18.4 Å². The normalized spacial score (nSPS) is 32.9. The van der Waals surface area contributed by atoms with Crippen LogP contribution in [0.3, 0.4) is 0 Å². The highest BCUT2D eigenvalue weighted by molar-refractivity contribution is 6.40. The minimum Gasteiger partial charge on any atom is -0.390 e. The number of carbonyl (C=O) groups is 2. The zero-order valence-electron chi connectivity index (χ0n) is 19.7. The summed E-state index contributed by atoms with van der Waals surface area (Å²) in [5.74, 6) is -2.98. The molecule has 11 heteroatoms. The number of aromatic nitrogens is 4. The lowest BCUT2D eigenvalue weighted by Gasteiger charge is -2.58. The predicted octanol–water partition coefficient (Wildman–Crippen LogP) is 3.22. The SMILES string of the molecule is O=C(Nc1[nH]n(C2[C@@H]3CC4C[C@H]2CC(O)(C4)C3)c2c1cnc1nccc12)C(=O)N1CCC(F)(F)CC1. The highest BCUT2D eigenvalue weighted by Crippen LogP contribution is 2.60. The van der Waals surface area contributed by atoms with Gasteiger partial charge in [0.05, 0.1) is 22.5 Å². The number of anilines is 1. The van der Waals surface area contributed by atoms with Crippen molar-refractivity contribution in [2.45, 2.75) is 62.5 Å². The third-order valence-corrected chi connectivity index (χ3v) is 8.95. The van der Waals surface area contributed by atoms with Gasteiger partial charge in [-0.05, 0) is 55.9 Å². The fraction of sp³-hybridized carbons (Fsp3) is 0.600. The summed E-state index contributed by atoms with van der Waals surface area (Å²) in [6.45, 7) is -0.302. The summed E-state index contributed by atoms with van der Waals surface area (Å²) < 4.78 is 29.1. The molecule has 0 aromatic carbocycles. The van der Waals surface area contributed by atoms with Gasteiger partial charge in [-0.15, -0.1) is 0 Å². The Kier molecular flexibility index (Phi) is 4.59. The second-order valence-corrected chi connectivity index (χ2v) is 11.3. The van der Waals surface area contributed by atoms with Gasteiger partial charge in [0.2, 0.25) is 0 Å². The lowest BCUT2D eigenvalue weighted by molar-refractivity contribution is -0.148. The van der Waals surface area contributed by atoms with Crippen LogP contribution in [-0.4, -0.2) is 66.2 Å². The van der Waals surface area contributed by atoms with E-state index in [4.69, 9.17) is 0 Å². The molecule has 2 amide bonds. The standard InChI is InChI=1S/C25H28F2N6O3/c26-25(27)2-5-32(6-3-25)23(35)22(34)30-21-17-12-29-20-16(1-4-28-20)19(17)33(31-21)18-14-7-13-8-15(18)11-24(36,9-13)10-14/h1,4,12-15,18,31,36H,2-3,5-11H2,(H,30,34)/t13?,14-,15+,18?,24?. The number of nitrogens with zero attached hydrogens (tertiary/aromatic N) is 4. The first-order valence-corrected chi connectivity index (χ1v) is 12.7. The lowest BCUT2D eigenvalue weighted by atomic mass is 9.52. The summed E-state index contributed by atoms with van der Waals surface area (Å²) in [7, 11) is 0. The van der Waals surface area contributed by atoms with Crippen molar-refractivity contribution in [3.8, 4) is 0 Å². The average Bonchev–Trinajstić information content (AvgIpc) is 3.42. The minimum atomic E-state index is -2.80.